The summed E-state index contributed by atoms with van der Waals surface area (Å²) in [7, 11) is 0. The fourth-order valence-electron chi connectivity index (χ4n) is 6.47. The first kappa shape index (κ1) is 25.3. The molecule has 5 rings (SSSR count). The summed E-state index contributed by atoms with van der Waals surface area (Å²) in [6.07, 6.45) is 5.60. The maximum atomic E-state index is 13.7. The normalized spacial score (nSPS) is 26.4. The van der Waals surface area contributed by atoms with Crippen LogP contribution in [0.5, 0.6) is 0 Å². The van der Waals surface area contributed by atoms with E-state index >= 15 is 0 Å². The molecule has 2 N–H and O–H groups in total. The van der Waals surface area contributed by atoms with E-state index < -0.39 is 12.1 Å². The maximum Gasteiger partial charge on any atom is 0.271 e. The Morgan fingerprint density at radius 2 is 1.92 bits per heavy atom. The van der Waals surface area contributed by atoms with Crippen molar-refractivity contribution in [1.29, 1.82) is 0 Å². The second kappa shape index (κ2) is 10.2. The summed E-state index contributed by atoms with van der Waals surface area (Å²) in [5, 5.41) is 4.57. The van der Waals surface area contributed by atoms with E-state index in [1.165, 1.54) is 0 Å². The maximum absolute atomic E-state index is 13.7. The third-order valence-corrected chi connectivity index (χ3v) is 8.99. The monoisotopic (exact) mass is 531 g/mol. The number of Topliss-reactive ketones (excluding diaryl/α,β-unsaturated/α-hetero) is 2. The Balaban J connectivity index is 1.40. The van der Waals surface area contributed by atoms with Crippen LogP contribution in [0, 0.1) is 17.8 Å². The number of ketones is 2. The van der Waals surface area contributed by atoms with Crippen molar-refractivity contribution in [3.63, 3.8) is 0 Å². The minimum absolute atomic E-state index is 0.0518. The number of H-pyrrole nitrogens is 1. The predicted molar refractivity (Wildman–Crippen MR) is 138 cm³/mol. The molecule has 0 bridgehead atoms. The predicted octanol–water partition coefficient (Wildman–Crippen LogP) is 4.94. The zero-order chi connectivity index (χ0) is 25.6. The highest BCUT2D eigenvalue weighted by molar-refractivity contribution is 6.40. The van der Waals surface area contributed by atoms with Gasteiger partial charge in [-0.05, 0) is 62.1 Å². The van der Waals surface area contributed by atoms with Crippen LogP contribution in [0.3, 0.4) is 0 Å². The number of nitrogens with one attached hydrogen (secondary N) is 2. The number of carbonyl (C=O) groups is 4. The lowest BCUT2D eigenvalue weighted by molar-refractivity contribution is -0.131. The van der Waals surface area contributed by atoms with E-state index in [2.05, 4.69) is 10.3 Å². The van der Waals surface area contributed by atoms with Crippen molar-refractivity contribution in [2.75, 3.05) is 6.54 Å². The van der Waals surface area contributed by atoms with Crippen LogP contribution >= 0.6 is 23.2 Å². The number of nitrogens with zero attached hydrogens (tertiary/aromatic N) is 1. The van der Waals surface area contributed by atoms with Crippen molar-refractivity contribution in [2.24, 2.45) is 17.8 Å². The van der Waals surface area contributed by atoms with E-state index in [0.717, 1.165) is 32.1 Å². The molecule has 2 aliphatic carbocycles. The third-order valence-electron chi connectivity index (χ3n) is 8.35. The van der Waals surface area contributed by atoms with Gasteiger partial charge in [-0.1, -0.05) is 36.5 Å². The summed E-state index contributed by atoms with van der Waals surface area (Å²) < 4.78 is 0. The highest BCUT2D eigenvalue weighted by Crippen LogP contribution is 2.43. The Labute approximate surface area is 220 Å². The average Bonchev–Trinajstić information content (AvgIpc) is 3.64. The Morgan fingerprint density at radius 1 is 1.14 bits per heavy atom. The third kappa shape index (κ3) is 4.56. The van der Waals surface area contributed by atoms with Gasteiger partial charge in [0.25, 0.3) is 5.91 Å². The minimum Gasteiger partial charge on any atom is -0.349 e. The number of amides is 2. The molecular formula is C27H31Cl2N3O4. The van der Waals surface area contributed by atoms with Gasteiger partial charge in [0.05, 0.1) is 21.6 Å². The first-order chi connectivity index (χ1) is 17.3. The van der Waals surface area contributed by atoms with Gasteiger partial charge in [0.15, 0.2) is 5.78 Å². The van der Waals surface area contributed by atoms with Gasteiger partial charge in [-0.2, -0.15) is 0 Å². The summed E-state index contributed by atoms with van der Waals surface area (Å²) in [5.41, 5.74) is 0.915. The number of aromatic amines is 1. The lowest BCUT2D eigenvalue weighted by atomic mass is 9.91. The van der Waals surface area contributed by atoms with E-state index in [9.17, 15) is 19.2 Å². The number of hydrogen-bond donors (Lipinski definition) is 2. The molecule has 36 heavy (non-hydrogen) atoms. The Bertz CT molecular complexity index is 1190. The van der Waals surface area contributed by atoms with Gasteiger partial charge in [0.1, 0.15) is 17.5 Å². The van der Waals surface area contributed by atoms with E-state index in [-0.39, 0.29) is 47.6 Å². The average molecular weight is 532 g/mol. The largest absolute Gasteiger partial charge is 0.349 e. The van der Waals surface area contributed by atoms with Gasteiger partial charge in [-0.3, -0.25) is 19.2 Å². The number of carbonyl (C=O) groups excluding carboxylic acids is 4. The van der Waals surface area contributed by atoms with Crippen molar-refractivity contribution in [1.82, 2.24) is 15.2 Å². The molecule has 2 aromatic rings. The van der Waals surface area contributed by atoms with Gasteiger partial charge >= 0.3 is 0 Å². The highest BCUT2D eigenvalue weighted by Gasteiger charge is 2.50. The summed E-state index contributed by atoms with van der Waals surface area (Å²) in [6.45, 7) is 2.26. The molecule has 2 heterocycles. The summed E-state index contributed by atoms with van der Waals surface area (Å²) in [5.74, 6) is -0.384. The van der Waals surface area contributed by atoms with Gasteiger partial charge in [-0.25, -0.2) is 0 Å². The molecule has 9 heteroatoms. The fraction of sp³-hybridized carbons (Fsp3) is 0.556. The van der Waals surface area contributed by atoms with Crippen molar-refractivity contribution in [3.8, 4) is 0 Å². The van der Waals surface area contributed by atoms with Crippen LogP contribution in [0.4, 0.5) is 0 Å². The van der Waals surface area contributed by atoms with Crippen molar-refractivity contribution >= 4 is 57.5 Å². The molecule has 3 fully saturated rings. The number of aromatic nitrogens is 1. The number of likely N-dealkylation sites (tertiary alicyclic amines) is 1. The van der Waals surface area contributed by atoms with Crippen LogP contribution in [0.15, 0.2) is 18.2 Å². The molecule has 7 nitrogen and oxygen atoms in total. The Morgan fingerprint density at radius 3 is 2.61 bits per heavy atom. The van der Waals surface area contributed by atoms with E-state index in [1.54, 1.807) is 30.0 Å². The van der Waals surface area contributed by atoms with Gasteiger partial charge in [-0.15, -0.1) is 0 Å². The quantitative estimate of drug-likeness (QED) is 0.528. The molecule has 2 saturated carbocycles. The molecule has 192 valence electrons. The lowest BCUT2D eigenvalue weighted by Crippen LogP contribution is -2.53. The molecular weight excluding hydrogens is 501 g/mol. The lowest BCUT2D eigenvalue weighted by Gasteiger charge is -2.29. The number of halogens is 2. The zero-order valence-electron chi connectivity index (χ0n) is 20.3. The van der Waals surface area contributed by atoms with Crippen molar-refractivity contribution in [2.45, 2.75) is 70.4 Å². The number of rotatable bonds is 7. The van der Waals surface area contributed by atoms with Crippen molar-refractivity contribution in [3.05, 3.63) is 33.9 Å². The van der Waals surface area contributed by atoms with E-state index in [0.29, 0.717) is 46.0 Å². The zero-order valence-corrected chi connectivity index (χ0v) is 21.8. The van der Waals surface area contributed by atoms with E-state index in [1.807, 2.05) is 0 Å². The van der Waals surface area contributed by atoms with E-state index in [4.69, 9.17) is 23.2 Å². The molecule has 0 unspecified atom stereocenters. The Kier molecular flexibility index (Phi) is 7.14. The number of benzene rings is 1. The molecule has 3 aliphatic rings. The first-order valence-electron chi connectivity index (χ1n) is 12.9. The van der Waals surface area contributed by atoms with Gasteiger partial charge in [0.2, 0.25) is 5.91 Å². The second-order valence-electron chi connectivity index (χ2n) is 10.4. The van der Waals surface area contributed by atoms with Crippen LogP contribution in [0.1, 0.15) is 68.8 Å². The smallest absolute Gasteiger partial charge is 0.271 e. The minimum atomic E-state index is -0.711. The highest BCUT2D eigenvalue weighted by atomic mass is 35.5. The summed E-state index contributed by atoms with van der Waals surface area (Å²) in [4.78, 5) is 57.1. The Hall–Kier alpha value is -2.38. The molecule has 1 saturated heterocycles. The van der Waals surface area contributed by atoms with Crippen LogP contribution in [-0.4, -0.2) is 51.9 Å². The molecule has 5 atom stereocenters. The standard InChI is InChI=1S/C27H31Cl2N3O4/c1-2-22(33)20(11-14-5-4-8-23(14)34)31-26(35)25-16-7-3-6-15(16)13-32(25)27(36)21-12-17-18(28)9-10-19(29)24(17)30-21/h9-10,12,14-16,20,25,30H,2-8,11,13H2,1H3,(H,31,35)/t14-,15-,16-,20-,25-/m0/s1. The summed E-state index contributed by atoms with van der Waals surface area (Å²) in [6, 6.07) is 3.67. The first-order valence-corrected chi connectivity index (χ1v) is 13.7. The molecule has 1 aromatic carbocycles. The van der Waals surface area contributed by atoms with Crippen LogP contribution in [0.2, 0.25) is 10.0 Å². The topological polar surface area (TPSA) is 99.3 Å². The molecule has 2 amide bonds. The summed E-state index contributed by atoms with van der Waals surface area (Å²) >= 11 is 12.6. The van der Waals surface area contributed by atoms with Gasteiger partial charge in [0, 0.05) is 30.7 Å². The molecule has 0 spiro atoms. The number of hydrogen-bond acceptors (Lipinski definition) is 4. The molecule has 1 aromatic heterocycles. The SMILES string of the molecule is CCC(=O)[C@H](C[C@@H]1CCCC1=O)NC(=O)[C@@H]1[C@H]2CCC[C@H]2CN1C(=O)c1cc2c(Cl)ccc(Cl)c2[nH]1. The van der Waals surface area contributed by atoms with Crippen LogP contribution in [-0.2, 0) is 14.4 Å². The number of fused-ring (bicyclic) bond motifs is 2. The second-order valence-corrected chi connectivity index (χ2v) is 11.2. The molecule has 1 aliphatic heterocycles. The fourth-order valence-corrected chi connectivity index (χ4v) is 6.89. The van der Waals surface area contributed by atoms with Crippen LogP contribution < -0.4 is 5.32 Å². The van der Waals surface area contributed by atoms with Crippen LogP contribution in [0.25, 0.3) is 10.9 Å². The van der Waals surface area contributed by atoms with Crippen molar-refractivity contribution < 1.29 is 19.2 Å². The van der Waals surface area contributed by atoms with Gasteiger partial charge < -0.3 is 15.2 Å². The molecule has 0 radical (unpaired) electrons.